The summed E-state index contributed by atoms with van der Waals surface area (Å²) in [5.74, 6) is -0.393. The number of aromatic nitrogens is 4. The number of esters is 1. The van der Waals surface area contributed by atoms with Crippen molar-refractivity contribution in [3.63, 3.8) is 0 Å². The number of hydrogen-bond donors (Lipinski definition) is 1. The maximum Gasteiger partial charge on any atom is 0.317 e. The topological polar surface area (TPSA) is 81.9 Å². The molecule has 0 bridgehead atoms. The smallest absolute Gasteiger partial charge is 0.317 e. The Bertz CT molecular complexity index is 695. The summed E-state index contributed by atoms with van der Waals surface area (Å²) < 4.78 is 7.05. The number of carbonyl (C=O) groups excluding carboxylic acids is 1. The van der Waals surface area contributed by atoms with E-state index in [1.807, 2.05) is 26.0 Å². The summed E-state index contributed by atoms with van der Waals surface area (Å²) in [4.78, 5) is 20.8. The second kappa shape index (κ2) is 5.59. The van der Waals surface area contributed by atoms with E-state index in [4.69, 9.17) is 4.74 Å². The predicted octanol–water partition coefficient (Wildman–Crippen LogP) is 1.77. The normalized spacial score (nSPS) is 20.4. The third-order valence-corrected chi connectivity index (χ3v) is 3.43. The molecule has 2 aromatic heterocycles. The van der Waals surface area contributed by atoms with Gasteiger partial charge in [0.2, 0.25) is 5.95 Å². The molecule has 0 unspecified atom stereocenters. The van der Waals surface area contributed by atoms with Gasteiger partial charge in [-0.25, -0.2) is 4.68 Å². The highest BCUT2D eigenvalue weighted by molar-refractivity contribution is 5.79. The van der Waals surface area contributed by atoms with Crippen LogP contribution in [0.3, 0.4) is 0 Å². The Morgan fingerprint density at radius 1 is 1.50 bits per heavy atom. The van der Waals surface area contributed by atoms with E-state index in [-0.39, 0.29) is 18.1 Å². The average Bonchev–Trinajstić information content (AvgIpc) is 2.93. The third kappa shape index (κ3) is 2.45. The molecule has 7 heteroatoms. The van der Waals surface area contributed by atoms with E-state index < -0.39 is 5.92 Å². The maximum atomic E-state index is 12.5. The van der Waals surface area contributed by atoms with Crippen LogP contribution in [0.2, 0.25) is 0 Å². The highest BCUT2D eigenvalue weighted by atomic mass is 16.5. The van der Waals surface area contributed by atoms with Crippen LogP contribution < -0.4 is 5.32 Å². The van der Waals surface area contributed by atoms with E-state index in [0.29, 0.717) is 11.6 Å². The molecule has 3 rings (SSSR count). The van der Waals surface area contributed by atoms with Crippen molar-refractivity contribution >= 4 is 11.9 Å². The molecular weight excluding hydrogens is 282 g/mol. The molecule has 0 spiro atoms. The molecule has 0 radical (unpaired) electrons. The van der Waals surface area contributed by atoms with Crippen LogP contribution in [-0.4, -0.2) is 31.8 Å². The van der Waals surface area contributed by atoms with E-state index >= 15 is 0 Å². The molecule has 7 nitrogen and oxygen atoms in total. The molecule has 0 amide bonds. The fraction of sp³-hybridized carbons (Fsp3) is 0.333. The lowest BCUT2D eigenvalue weighted by atomic mass is 9.90. The Morgan fingerprint density at radius 3 is 3.00 bits per heavy atom. The Labute approximate surface area is 128 Å². The van der Waals surface area contributed by atoms with Crippen LogP contribution in [0.15, 0.2) is 43.1 Å². The van der Waals surface area contributed by atoms with Crippen molar-refractivity contribution < 1.29 is 9.53 Å². The fourth-order valence-corrected chi connectivity index (χ4v) is 2.56. The van der Waals surface area contributed by atoms with Crippen molar-refractivity contribution in [1.82, 2.24) is 19.7 Å². The number of nitrogens with one attached hydrogen (secondary N) is 1. The van der Waals surface area contributed by atoms with E-state index in [1.54, 1.807) is 17.1 Å². The molecule has 3 heterocycles. The summed E-state index contributed by atoms with van der Waals surface area (Å²) in [6, 6.07) is 3.34. The van der Waals surface area contributed by atoms with Gasteiger partial charge in [0.1, 0.15) is 18.3 Å². The molecule has 0 saturated heterocycles. The predicted molar refractivity (Wildman–Crippen MR) is 79.9 cm³/mol. The lowest BCUT2D eigenvalue weighted by molar-refractivity contribution is -0.152. The molecule has 1 aliphatic rings. The van der Waals surface area contributed by atoms with Crippen molar-refractivity contribution in [3.05, 3.63) is 48.7 Å². The molecule has 0 aliphatic carbocycles. The molecule has 0 fully saturated rings. The zero-order chi connectivity index (χ0) is 15.7. The van der Waals surface area contributed by atoms with Crippen molar-refractivity contribution in [2.24, 2.45) is 5.92 Å². The van der Waals surface area contributed by atoms with Gasteiger partial charge in [-0.3, -0.25) is 9.78 Å². The van der Waals surface area contributed by atoms with E-state index in [9.17, 15) is 4.79 Å². The van der Waals surface area contributed by atoms with Crippen LogP contribution in [0.4, 0.5) is 5.95 Å². The van der Waals surface area contributed by atoms with Gasteiger partial charge in [0.05, 0.1) is 6.10 Å². The SMILES string of the molecule is C=C1Nc2ncnn2[C@@H](c2cccnc2)[C@@H]1C(=O)OC(C)C. The molecule has 114 valence electrons. The minimum Gasteiger partial charge on any atom is -0.462 e. The van der Waals surface area contributed by atoms with Gasteiger partial charge >= 0.3 is 5.97 Å². The number of fused-ring (bicyclic) bond motifs is 1. The summed E-state index contributed by atoms with van der Waals surface area (Å²) in [6.45, 7) is 7.60. The minimum absolute atomic E-state index is 0.202. The van der Waals surface area contributed by atoms with E-state index in [0.717, 1.165) is 5.56 Å². The van der Waals surface area contributed by atoms with Gasteiger partial charge in [-0.15, -0.1) is 0 Å². The van der Waals surface area contributed by atoms with Gasteiger partial charge < -0.3 is 10.1 Å². The van der Waals surface area contributed by atoms with Crippen LogP contribution in [-0.2, 0) is 9.53 Å². The zero-order valence-corrected chi connectivity index (χ0v) is 12.4. The van der Waals surface area contributed by atoms with Crippen molar-refractivity contribution in [2.45, 2.75) is 26.0 Å². The Balaban J connectivity index is 2.06. The average molecular weight is 299 g/mol. The summed E-state index contributed by atoms with van der Waals surface area (Å²) in [7, 11) is 0. The number of nitrogens with zero attached hydrogens (tertiary/aromatic N) is 4. The van der Waals surface area contributed by atoms with Crippen molar-refractivity contribution in [1.29, 1.82) is 0 Å². The number of anilines is 1. The van der Waals surface area contributed by atoms with Crippen LogP contribution in [0.5, 0.6) is 0 Å². The second-order valence-electron chi connectivity index (χ2n) is 5.37. The number of ether oxygens (including phenoxy) is 1. The molecular formula is C15H17N5O2. The Hall–Kier alpha value is -2.70. The van der Waals surface area contributed by atoms with Gasteiger partial charge in [0.25, 0.3) is 0 Å². The summed E-state index contributed by atoms with van der Waals surface area (Å²) in [5.41, 5.74) is 1.39. The quantitative estimate of drug-likeness (QED) is 0.870. The molecule has 1 N–H and O–H groups in total. The number of hydrogen-bond acceptors (Lipinski definition) is 6. The number of pyridine rings is 1. The first kappa shape index (κ1) is 14.2. The first-order valence-electron chi connectivity index (χ1n) is 7.03. The lowest BCUT2D eigenvalue weighted by Crippen LogP contribution is -2.38. The first-order valence-corrected chi connectivity index (χ1v) is 7.03. The molecule has 0 saturated carbocycles. The fourth-order valence-electron chi connectivity index (χ4n) is 2.56. The third-order valence-electron chi connectivity index (χ3n) is 3.43. The van der Waals surface area contributed by atoms with Gasteiger partial charge in [0.15, 0.2) is 0 Å². The van der Waals surface area contributed by atoms with Gasteiger partial charge in [-0.2, -0.15) is 10.1 Å². The van der Waals surface area contributed by atoms with Crippen LogP contribution in [0.1, 0.15) is 25.5 Å². The van der Waals surface area contributed by atoms with E-state index in [1.165, 1.54) is 6.33 Å². The molecule has 1 aliphatic heterocycles. The molecule has 0 aromatic carbocycles. The Morgan fingerprint density at radius 2 is 2.32 bits per heavy atom. The van der Waals surface area contributed by atoms with Crippen molar-refractivity contribution in [3.8, 4) is 0 Å². The first-order chi connectivity index (χ1) is 10.6. The van der Waals surface area contributed by atoms with Crippen LogP contribution >= 0.6 is 0 Å². The summed E-state index contributed by atoms with van der Waals surface area (Å²) >= 11 is 0. The molecule has 22 heavy (non-hydrogen) atoms. The van der Waals surface area contributed by atoms with Crippen molar-refractivity contribution in [2.75, 3.05) is 5.32 Å². The second-order valence-corrected chi connectivity index (χ2v) is 5.37. The zero-order valence-electron chi connectivity index (χ0n) is 12.4. The number of rotatable bonds is 3. The largest absolute Gasteiger partial charge is 0.462 e. The lowest BCUT2D eigenvalue weighted by Gasteiger charge is -2.33. The number of carbonyl (C=O) groups is 1. The highest BCUT2D eigenvalue weighted by Crippen LogP contribution is 2.37. The minimum atomic E-state index is -0.596. The summed E-state index contributed by atoms with van der Waals surface area (Å²) in [6.07, 6.45) is 4.63. The summed E-state index contributed by atoms with van der Waals surface area (Å²) in [5, 5.41) is 7.24. The van der Waals surface area contributed by atoms with Gasteiger partial charge in [0, 0.05) is 18.1 Å². The van der Waals surface area contributed by atoms with Crippen LogP contribution in [0.25, 0.3) is 0 Å². The molecule has 2 atom stereocenters. The molecule has 2 aromatic rings. The monoisotopic (exact) mass is 299 g/mol. The Kier molecular flexibility index (Phi) is 3.62. The van der Waals surface area contributed by atoms with Gasteiger partial charge in [-0.05, 0) is 25.5 Å². The maximum absolute atomic E-state index is 12.5. The van der Waals surface area contributed by atoms with Crippen LogP contribution in [0, 0.1) is 5.92 Å². The van der Waals surface area contributed by atoms with Gasteiger partial charge in [-0.1, -0.05) is 12.6 Å². The highest BCUT2D eigenvalue weighted by Gasteiger charge is 2.40. The standard InChI is InChI=1S/C15H17N5O2/c1-9(2)22-14(21)12-10(3)19-15-17-8-18-20(15)13(12)11-5-4-6-16-7-11/h4-9,12-13H,3H2,1-2H3,(H,17,18,19)/t12-,13+/m1/s1. The van der Waals surface area contributed by atoms with E-state index in [2.05, 4.69) is 27.0 Å².